The molecule has 2 aromatic rings. The largest absolute Gasteiger partial charge is 0.454 e. The van der Waals surface area contributed by atoms with Crippen LogP contribution in [0.4, 0.5) is 13.2 Å². The smallest absolute Gasteiger partial charge is 0.416 e. The van der Waals surface area contributed by atoms with Crippen LogP contribution in [0.3, 0.4) is 0 Å². The zero-order chi connectivity index (χ0) is 21.1. The minimum absolute atomic E-state index is 0.0541. The number of rotatable bonds is 3. The lowest BCUT2D eigenvalue weighted by atomic mass is 9.66. The molecule has 5 atom stereocenters. The van der Waals surface area contributed by atoms with Crippen LogP contribution < -0.4 is 0 Å². The SMILES string of the molecule is C[C@@]12CC[C@@](c3ccc(C(F)(F)F)cc3)(O1)[C@H]1C=C[C@H](OC(=O)c3ccccc3)[C@H]12. The fraction of sp³-hybridized carbons (Fsp3) is 0.375. The van der Waals surface area contributed by atoms with Crippen LogP contribution in [-0.4, -0.2) is 17.7 Å². The number of esters is 1. The van der Waals surface area contributed by atoms with Crippen molar-refractivity contribution < 1.29 is 27.4 Å². The van der Waals surface area contributed by atoms with E-state index in [1.165, 1.54) is 12.1 Å². The Morgan fingerprint density at radius 1 is 1.03 bits per heavy atom. The molecule has 0 radical (unpaired) electrons. The van der Waals surface area contributed by atoms with Gasteiger partial charge in [-0.2, -0.15) is 13.2 Å². The first-order valence-electron chi connectivity index (χ1n) is 10.1. The summed E-state index contributed by atoms with van der Waals surface area (Å²) in [5, 5.41) is 0. The summed E-state index contributed by atoms with van der Waals surface area (Å²) < 4.78 is 51.3. The van der Waals surface area contributed by atoms with Crippen molar-refractivity contribution in [2.24, 2.45) is 11.8 Å². The Morgan fingerprint density at radius 2 is 1.73 bits per heavy atom. The van der Waals surface area contributed by atoms with Crippen LogP contribution in [0.5, 0.6) is 0 Å². The van der Waals surface area contributed by atoms with E-state index in [2.05, 4.69) is 0 Å². The van der Waals surface area contributed by atoms with Crippen molar-refractivity contribution in [3.63, 3.8) is 0 Å². The van der Waals surface area contributed by atoms with E-state index in [1.807, 2.05) is 25.1 Å². The Balaban J connectivity index is 1.42. The molecule has 2 aromatic carbocycles. The number of ether oxygens (including phenoxy) is 2. The molecule has 1 aliphatic carbocycles. The summed E-state index contributed by atoms with van der Waals surface area (Å²) in [6.07, 6.45) is 0.597. The Hall–Kier alpha value is -2.60. The summed E-state index contributed by atoms with van der Waals surface area (Å²) in [6.45, 7) is 2.01. The molecule has 0 amide bonds. The molecular formula is C24H21F3O3. The van der Waals surface area contributed by atoms with Crippen molar-refractivity contribution in [3.8, 4) is 0 Å². The van der Waals surface area contributed by atoms with E-state index < -0.39 is 29.0 Å². The van der Waals surface area contributed by atoms with Gasteiger partial charge in [0.15, 0.2) is 0 Å². The molecule has 2 saturated heterocycles. The molecule has 3 nitrogen and oxygen atoms in total. The molecule has 0 unspecified atom stereocenters. The van der Waals surface area contributed by atoms with Crippen molar-refractivity contribution in [3.05, 3.63) is 83.4 Å². The maximum absolute atomic E-state index is 13.0. The molecule has 6 heteroatoms. The van der Waals surface area contributed by atoms with Crippen LogP contribution in [0, 0.1) is 11.8 Å². The van der Waals surface area contributed by atoms with E-state index >= 15 is 0 Å². The average Bonchev–Trinajstić information content (AvgIpc) is 3.38. The van der Waals surface area contributed by atoms with Crippen molar-refractivity contribution in [2.75, 3.05) is 0 Å². The topological polar surface area (TPSA) is 35.5 Å². The van der Waals surface area contributed by atoms with Gasteiger partial charge in [-0.15, -0.1) is 0 Å². The lowest BCUT2D eigenvalue weighted by Crippen LogP contribution is -2.42. The van der Waals surface area contributed by atoms with E-state index in [9.17, 15) is 18.0 Å². The normalized spacial score (nSPS) is 34.2. The highest BCUT2D eigenvalue weighted by Gasteiger charge is 2.68. The average molecular weight is 414 g/mol. The van der Waals surface area contributed by atoms with Gasteiger partial charge in [-0.05, 0) is 55.7 Å². The Kier molecular flexibility index (Phi) is 4.16. The molecule has 2 fully saturated rings. The summed E-state index contributed by atoms with van der Waals surface area (Å²) in [6, 6.07) is 14.1. The first-order chi connectivity index (χ1) is 14.2. The standard InChI is InChI=1S/C24H21F3O3/c1-22-13-14-23(30-22,16-7-9-17(10-8-16)24(25,26)27)18-11-12-19(20(18)22)29-21(28)15-5-3-2-4-6-15/h2-12,18-20H,13-14H2,1H3/t18-,19-,20-,22-,23-/m0/s1. The van der Waals surface area contributed by atoms with Gasteiger partial charge in [0.1, 0.15) is 11.7 Å². The number of alkyl halides is 3. The van der Waals surface area contributed by atoms with E-state index in [1.54, 1.807) is 24.3 Å². The number of hydrogen-bond donors (Lipinski definition) is 0. The molecule has 5 rings (SSSR count). The molecular weight excluding hydrogens is 393 g/mol. The summed E-state index contributed by atoms with van der Waals surface area (Å²) in [5.74, 6) is -0.511. The van der Waals surface area contributed by atoms with Gasteiger partial charge in [0.25, 0.3) is 0 Å². The third kappa shape index (κ3) is 2.81. The second-order valence-corrected chi connectivity index (χ2v) is 8.55. The van der Waals surface area contributed by atoms with Gasteiger partial charge in [-0.3, -0.25) is 0 Å². The van der Waals surface area contributed by atoms with Gasteiger partial charge < -0.3 is 9.47 Å². The first kappa shape index (κ1) is 19.4. The minimum atomic E-state index is -4.37. The second kappa shape index (κ2) is 6.45. The summed E-state index contributed by atoms with van der Waals surface area (Å²) in [7, 11) is 0. The maximum Gasteiger partial charge on any atom is 0.416 e. The summed E-state index contributed by atoms with van der Waals surface area (Å²) in [4.78, 5) is 12.6. The van der Waals surface area contributed by atoms with E-state index in [0.29, 0.717) is 5.56 Å². The molecule has 2 bridgehead atoms. The summed E-state index contributed by atoms with van der Waals surface area (Å²) in [5.41, 5.74) is -0.631. The molecule has 30 heavy (non-hydrogen) atoms. The Bertz CT molecular complexity index is 999. The number of carbonyl (C=O) groups excluding carboxylic acids is 1. The van der Waals surface area contributed by atoms with Crippen molar-refractivity contribution in [1.82, 2.24) is 0 Å². The lowest BCUT2D eigenvalue weighted by Gasteiger charge is -2.36. The van der Waals surface area contributed by atoms with Crippen LogP contribution in [0.15, 0.2) is 66.7 Å². The monoisotopic (exact) mass is 414 g/mol. The van der Waals surface area contributed by atoms with Crippen LogP contribution in [-0.2, 0) is 21.3 Å². The van der Waals surface area contributed by atoms with Gasteiger partial charge in [0, 0.05) is 11.8 Å². The highest BCUT2D eigenvalue weighted by molar-refractivity contribution is 5.89. The highest BCUT2D eigenvalue weighted by atomic mass is 19.4. The zero-order valence-electron chi connectivity index (χ0n) is 16.4. The first-order valence-corrected chi connectivity index (χ1v) is 10.1. The molecule has 0 saturated carbocycles. The lowest BCUT2D eigenvalue weighted by molar-refractivity contribution is -0.137. The maximum atomic E-state index is 13.0. The quantitative estimate of drug-likeness (QED) is 0.491. The molecule has 3 aliphatic rings. The number of fused-ring (bicyclic) bond motifs is 5. The third-order valence-electron chi connectivity index (χ3n) is 6.85. The van der Waals surface area contributed by atoms with Crippen LogP contribution in [0.1, 0.15) is 41.3 Å². The van der Waals surface area contributed by atoms with Gasteiger partial charge in [0.2, 0.25) is 0 Å². The van der Waals surface area contributed by atoms with Crippen LogP contribution in [0.25, 0.3) is 0 Å². The fourth-order valence-corrected chi connectivity index (χ4v) is 5.48. The van der Waals surface area contributed by atoms with Crippen molar-refractivity contribution >= 4 is 5.97 Å². The zero-order valence-corrected chi connectivity index (χ0v) is 16.4. The minimum Gasteiger partial charge on any atom is -0.454 e. The van der Waals surface area contributed by atoms with Crippen LogP contribution in [0.2, 0.25) is 0 Å². The van der Waals surface area contributed by atoms with Gasteiger partial charge in [0.05, 0.1) is 16.7 Å². The van der Waals surface area contributed by atoms with Crippen molar-refractivity contribution in [1.29, 1.82) is 0 Å². The predicted molar refractivity (Wildman–Crippen MR) is 104 cm³/mol. The number of carbonyl (C=O) groups is 1. The van der Waals surface area contributed by atoms with E-state index in [0.717, 1.165) is 30.5 Å². The molecule has 156 valence electrons. The molecule has 0 N–H and O–H groups in total. The molecule has 0 aromatic heterocycles. The fourth-order valence-electron chi connectivity index (χ4n) is 5.48. The van der Waals surface area contributed by atoms with Gasteiger partial charge in [-0.25, -0.2) is 4.79 Å². The highest BCUT2D eigenvalue weighted by Crippen LogP contribution is 2.65. The van der Waals surface area contributed by atoms with Gasteiger partial charge in [-0.1, -0.05) is 36.4 Å². The predicted octanol–water partition coefficient (Wildman–Crippen LogP) is 5.51. The second-order valence-electron chi connectivity index (χ2n) is 8.55. The Morgan fingerprint density at radius 3 is 2.40 bits per heavy atom. The molecule has 2 heterocycles. The number of hydrogen-bond acceptors (Lipinski definition) is 3. The molecule has 2 aliphatic heterocycles. The van der Waals surface area contributed by atoms with E-state index in [-0.39, 0.29) is 17.8 Å². The van der Waals surface area contributed by atoms with Crippen LogP contribution >= 0.6 is 0 Å². The summed E-state index contributed by atoms with van der Waals surface area (Å²) >= 11 is 0. The third-order valence-corrected chi connectivity index (χ3v) is 6.85. The number of halogens is 3. The molecule has 0 spiro atoms. The Labute approximate surface area is 172 Å². The van der Waals surface area contributed by atoms with Crippen molar-refractivity contribution in [2.45, 2.75) is 43.2 Å². The van der Waals surface area contributed by atoms with E-state index in [4.69, 9.17) is 9.47 Å². The number of benzene rings is 2. The van der Waals surface area contributed by atoms with Gasteiger partial charge >= 0.3 is 12.1 Å².